The summed E-state index contributed by atoms with van der Waals surface area (Å²) in [6.45, 7) is 8.95. The number of methoxy groups -OCH3 is 2. The molecule has 10 aliphatic rings. The van der Waals surface area contributed by atoms with Crippen LogP contribution in [-0.2, 0) is 34.6 Å². The average molecular weight is 876 g/mol. The molecule has 0 aromatic heterocycles. The minimum Gasteiger partial charge on any atom is -0.437 e. The fourth-order valence-corrected chi connectivity index (χ4v) is 14.5. The van der Waals surface area contributed by atoms with E-state index in [0.717, 1.165) is 62.2 Å². The molecule has 11 heteroatoms. The van der Waals surface area contributed by atoms with Gasteiger partial charge in [0.2, 0.25) is 0 Å². The van der Waals surface area contributed by atoms with Gasteiger partial charge in [0.15, 0.2) is 6.23 Å². The highest BCUT2D eigenvalue weighted by Crippen LogP contribution is 2.87. The lowest BCUT2D eigenvalue weighted by molar-refractivity contribution is -0.173. The highest BCUT2D eigenvalue weighted by Gasteiger charge is 2.84. The van der Waals surface area contributed by atoms with E-state index in [9.17, 15) is 9.59 Å². The molecule has 6 unspecified atom stereocenters. The summed E-state index contributed by atoms with van der Waals surface area (Å²) >= 11 is 14.3. The van der Waals surface area contributed by atoms with E-state index in [1.807, 2.05) is 13.8 Å². The van der Waals surface area contributed by atoms with Crippen molar-refractivity contribution in [3.05, 3.63) is 139 Å². The lowest BCUT2D eigenvalue weighted by Crippen LogP contribution is -2.61. The Labute approximate surface area is 375 Å². The van der Waals surface area contributed by atoms with Crippen molar-refractivity contribution in [2.75, 3.05) is 60.0 Å². The standard InChI is InChI=1S/C51H56Cl2N4O5/c1-30(60-3)27-57-35-19-23-56(24-20-35)29-50-41-12-8-6-10-37(41)45(39-16-14-33(53)26-43(39)50)51(50)44-36-9-5-7-11-40(36)49(51,42-25-32(52)13-15-38(42)44)28-55-21-17-34(18-22-55)54-46(31(2)61-4)62-48(59)47(57)58/h5-16,25-26,30-31,34-35,44-46,54H,17-24,27-29H2,1-4H3/t30-,31-,44?,45?,46?,49?,50?,51?/m1/s1. The Hall–Kier alpha value is -3.80. The molecule has 6 heterocycles. The van der Waals surface area contributed by atoms with Gasteiger partial charge in [-0.25, -0.2) is 4.79 Å². The van der Waals surface area contributed by atoms with Gasteiger partial charge in [-0.15, -0.1) is 0 Å². The maximum Gasteiger partial charge on any atom is 0.398 e. The number of esters is 1. The van der Waals surface area contributed by atoms with Gasteiger partial charge in [-0.05, 0) is 121 Å². The molecule has 0 saturated carbocycles. The van der Waals surface area contributed by atoms with Gasteiger partial charge in [-0.3, -0.25) is 10.1 Å². The molecule has 14 rings (SSSR count). The third-order valence-corrected chi connectivity index (χ3v) is 17.1. The van der Waals surface area contributed by atoms with Crippen molar-refractivity contribution in [2.24, 2.45) is 5.41 Å². The molecule has 9 nitrogen and oxygen atoms in total. The van der Waals surface area contributed by atoms with E-state index in [1.165, 1.54) is 44.5 Å². The van der Waals surface area contributed by atoms with Crippen LogP contribution in [0.2, 0.25) is 10.0 Å². The molecule has 4 aromatic rings. The molecule has 0 radical (unpaired) electrons. The van der Waals surface area contributed by atoms with Gasteiger partial charge in [0.25, 0.3) is 0 Å². The second kappa shape index (κ2) is 15.2. The van der Waals surface area contributed by atoms with E-state index in [-0.39, 0.29) is 35.4 Å². The Morgan fingerprint density at radius 1 is 0.694 bits per heavy atom. The topological polar surface area (TPSA) is 83.6 Å². The summed E-state index contributed by atoms with van der Waals surface area (Å²) in [4.78, 5) is 35.3. The first-order valence-corrected chi connectivity index (χ1v) is 23.4. The van der Waals surface area contributed by atoms with Crippen LogP contribution in [0, 0.1) is 5.41 Å². The number of nitrogens with one attached hydrogen (secondary N) is 1. The fraction of sp³-hybridized carbons (Fsp3) is 0.490. The molecular formula is C51H56Cl2N4O5. The van der Waals surface area contributed by atoms with Crippen molar-refractivity contribution in [1.29, 1.82) is 0 Å². The molecule has 1 N–H and O–H groups in total. The van der Waals surface area contributed by atoms with Crippen LogP contribution in [0.15, 0.2) is 84.9 Å². The third-order valence-electron chi connectivity index (χ3n) is 16.6. The number of ether oxygens (including phenoxy) is 3. The third kappa shape index (κ3) is 5.52. The SMILES string of the molecule is CO[C@H](C)CN1C(=O)C(=O)OC([C@@H](C)OC)NC2CCN(CC2)CC23c4ccccc4C(c4ccc(Cl)cc42)C32C3c4ccccc4C2(CN2CCC1CC2)c1cc(Cl)ccc13. The number of benzene rings is 4. The first kappa shape index (κ1) is 40.9. The van der Waals surface area contributed by atoms with Crippen molar-refractivity contribution >= 4 is 35.1 Å². The molecule has 324 valence electrons. The highest BCUT2D eigenvalue weighted by molar-refractivity contribution is 6.32. The van der Waals surface area contributed by atoms with Crippen molar-refractivity contribution in [3.8, 4) is 0 Å². The summed E-state index contributed by atoms with van der Waals surface area (Å²) in [5.41, 5.74) is 9.90. The molecule has 4 aromatic carbocycles. The normalized spacial score (nSPS) is 35.1. The Morgan fingerprint density at radius 3 is 1.71 bits per heavy atom. The van der Waals surface area contributed by atoms with Gasteiger partial charge in [0, 0.05) is 97.2 Å². The first-order valence-electron chi connectivity index (χ1n) is 22.6. The number of halogens is 2. The van der Waals surface area contributed by atoms with Crippen LogP contribution in [-0.4, -0.2) is 117 Å². The van der Waals surface area contributed by atoms with E-state index < -0.39 is 35.0 Å². The molecule has 62 heavy (non-hydrogen) atoms. The van der Waals surface area contributed by atoms with Gasteiger partial charge < -0.3 is 28.9 Å². The monoisotopic (exact) mass is 874 g/mol. The van der Waals surface area contributed by atoms with Crippen LogP contribution in [0.5, 0.6) is 0 Å². The smallest absolute Gasteiger partial charge is 0.398 e. The van der Waals surface area contributed by atoms with E-state index in [4.69, 9.17) is 37.4 Å². The molecule has 6 aliphatic heterocycles. The molecule has 8 atom stereocenters. The number of rotatable bonds is 5. The largest absolute Gasteiger partial charge is 0.437 e. The van der Waals surface area contributed by atoms with Crippen LogP contribution in [0.25, 0.3) is 0 Å². The average Bonchev–Trinajstić information content (AvgIpc) is 3.88. The summed E-state index contributed by atoms with van der Waals surface area (Å²) in [6.07, 6.45) is 1.58. The zero-order valence-electron chi connectivity index (χ0n) is 36.0. The van der Waals surface area contributed by atoms with Crippen molar-refractivity contribution in [3.63, 3.8) is 0 Å². The second-order valence-electron chi connectivity index (χ2n) is 19.2. The van der Waals surface area contributed by atoms with Gasteiger partial charge in [-0.1, -0.05) is 83.9 Å². The molecule has 1 spiro atoms. The minimum absolute atomic E-state index is 0.0527. The molecule has 6 fully saturated rings. The maximum absolute atomic E-state index is 14.3. The number of carbonyl (C=O) groups excluding carboxylic acids is 2. The molecule has 8 bridgehead atoms. The zero-order chi connectivity index (χ0) is 42.7. The lowest BCUT2D eigenvalue weighted by Gasteiger charge is -2.55. The number of carbonyl (C=O) groups is 2. The van der Waals surface area contributed by atoms with Crippen LogP contribution >= 0.6 is 23.2 Å². The second-order valence-corrected chi connectivity index (χ2v) is 20.1. The van der Waals surface area contributed by atoms with Crippen LogP contribution in [0.1, 0.15) is 95.9 Å². The molecule has 6 saturated heterocycles. The van der Waals surface area contributed by atoms with Gasteiger partial charge in [0.1, 0.15) is 6.10 Å². The molecule has 1 amide bonds. The molecule has 4 aliphatic carbocycles. The van der Waals surface area contributed by atoms with E-state index in [1.54, 1.807) is 19.1 Å². The van der Waals surface area contributed by atoms with Crippen LogP contribution in [0.4, 0.5) is 0 Å². The van der Waals surface area contributed by atoms with Gasteiger partial charge in [0.05, 0.1) is 6.10 Å². The van der Waals surface area contributed by atoms with E-state index in [2.05, 4.69) is 100 Å². The maximum atomic E-state index is 14.3. The zero-order valence-corrected chi connectivity index (χ0v) is 37.6. The number of hydrogen-bond acceptors (Lipinski definition) is 8. The highest BCUT2D eigenvalue weighted by atomic mass is 35.5. The first-order chi connectivity index (χ1) is 30.1. The van der Waals surface area contributed by atoms with E-state index >= 15 is 0 Å². The Bertz CT molecular complexity index is 2450. The summed E-state index contributed by atoms with van der Waals surface area (Å²) < 4.78 is 17.5. The number of piperidine rings is 2. The number of amides is 1. The summed E-state index contributed by atoms with van der Waals surface area (Å²) in [5.74, 6) is -1.29. The van der Waals surface area contributed by atoms with Crippen LogP contribution < -0.4 is 5.32 Å². The van der Waals surface area contributed by atoms with Crippen LogP contribution in [0.3, 0.4) is 0 Å². The van der Waals surface area contributed by atoms with Crippen molar-refractivity contribution < 1.29 is 23.8 Å². The lowest BCUT2D eigenvalue weighted by atomic mass is 9.49. The Morgan fingerprint density at radius 2 is 1.19 bits per heavy atom. The Balaban J connectivity index is 1.13. The van der Waals surface area contributed by atoms with E-state index in [0.29, 0.717) is 19.4 Å². The quantitative estimate of drug-likeness (QED) is 0.164. The number of fused-ring (bicyclic) bond motifs is 8. The predicted octanol–water partition coefficient (Wildman–Crippen LogP) is 7.47. The fourth-order valence-electron chi connectivity index (χ4n) is 14.2. The van der Waals surface area contributed by atoms with Gasteiger partial charge >= 0.3 is 11.9 Å². The van der Waals surface area contributed by atoms with Gasteiger partial charge in [-0.2, -0.15) is 0 Å². The summed E-state index contributed by atoms with van der Waals surface area (Å²) in [5, 5.41) is 5.16. The number of nitrogens with zero attached hydrogens (tertiary/aromatic N) is 3. The summed E-state index contributed by atoms with van der Waals surface area (Å²) in [6, 6.07) is 32.1. The Kier molecular flexibility index (Phi) is 10.0. The van der Waals surface area contributed by atoms with Crippen molar-refractivity contribution in [1.82, 2.24) is 20.0 Å². The number of hydrogen-bond donors (Lipinski definition) is 1. The van der Waals surface area contributed by atoms with Crippen molar-refractivity contribution in [2.45, 2.75) is 92.7 Å². The predicted molar refractivity (Wildman–Crippen MR) is 240 cm³/mol. The molecular weight excluding hydrogens is 819 g/mol. The minimum atomic E-state index is -0.861. The summed E-state index contributed by atoms with van der Waals surface area (Å²) in [7, 11) is 3.26.